The number of nitrogen functional groups attached to an aromatic ring is 1. The van der Waals surface area contributed by atoms with Crippen molar-refractivity contribution in [2.75, 3.05) is 12.3 Å². The normalized spacial score (nSPS) is 21.6. The van der Waals surface area contributed by atoms with Crippen molar-refractivity contribution < 1.29 is 0 Å². The molecule has 1 atom stereocenters. The fraction of sp³-hybridized carbons (Fsp3) is 0.600. The van der Waals surface area contributed by atoms with Gasteiger partial charge in [-0.25, -0.2) is 0 Å². The van der Waals surface area contributed by atoms with Crippen molar-refractivity contribution in [1.82, 2.24) is 4.90 Å². The zero-order valence-corrected chi connectivity index (χ0v) is 10.9. The summed E-state index contributed by atoms with van der Waals surface area (Å²) in [6, 6.07) is 9.10. The molecule has 2 nitrogen and oxygen atoms in total. The number of benzene rings is 1. The molecule has 0 bridgehead atoms. The van der Waals surface area contributed by atoms with Crippen molar-refractivity contribution in [3.05, 3.63) is 29.8 Å². The highest BCUT2D eigenvalue weighted by atomic mass is 15.2. The number of nitrogens with two attached hydrogens (primary N) is 1. The van der Waals surface area contributed by atoms with Crippen LogP contribution in [0.15, 0.2) is 24.3 Å². The molecular weight excluding hydrogens is 208 g/mol. The molecule has 1 heterocycles. The summed E-state index contributed by atoms with van der Waals surface area (Å²) >= 11 is 0. The first-order chi connectivity index (χ1) is 8.29. The Morgan fingerprint density at radius 3 is 3.00 bits per heavy atom. The van der Waals surface area contributed by atoms with Gasteiger partial charge in [0.25, 0.3) is 0 Å². The van der Waals surface area contributed by atoms with Crippen LogP contribution < -0.4 is 5.73 Å². The first-order valence-corrected chi connectivity index (χ1v) is 6.88. The van der Waals surface area contributed by atoms with E-state index in [1.165, 1.54) is 44.2 Å². The third-order valence-electron chi connectivity index (χ3n) is 3.71. The van der Waals surface area contributed by atoms with Crippen LogP contribution in [0.2, 0.25) is 0 Å². The first kappa shape index (κ1) is 12.4. The minimum atomic E-state index is 0.787. The van der Waals surface area contributed by atoms with Gasteiger partial charge in [-0.3, -0.25) is 4.90 Å². The van der Waals surface area contributed by atoms with Crippen LogP contribution in [0, 0.1) is 0 Å². The van der Waals surface area contributed by atoms with Crippen LogP contribution >= 0.6 is 0 Å². The van der Waals surface area contributed by atoms with E-state index >= 15 is 0 Å². The molecule has 1 aliphatic rings. The van der Waals surface area contributed by atoms with Gasteiger partial charge in [0.1, 0.15) is 0 Å². The minimum absolute atomic E-state index is 0.787. The first-order valence-electron chi connectivity index (χ1n) is 6.88. The van der Waals surface area contributed by atoms with Gasteiger partial charge in [0.2, 0.25) is 0 Å². The second-order valence-corrected chi connectivity index (χ2v) is 5.15. The van der Waals surface area contributed by atoms with E-state index in [0.717, 1.165) is 18.3 Å². The second kappa shape index (κ2) is 6.06. The Morgan fingerprint density at radius 2 is 2.24 bits per heavy atom. The lowest BCUT2D eigenvalue weighted by Crippen LogP contribution is -2.38. The Morgan fingerprint density at radius 1 is 1.35 bits per heavy atom. The third kappa shape index (κ3) is 3.47. The van der Waals surface area contributed by atoms with E-state index in [0.29, 0.717) is 0 Å². The molecule has 2 heteroatoms. The molecule has 2 N–H and O–H groups in total. The summed E-state index contributed by atoms with van der Waals surface area (Å²) in [4.78, 5) is 2.64. The summed E-state index contributed by atoms with van der Waals surface area (Å²) in [5.41, 5.74) is 8.07. The maximum Gasteiger partial charge on any atom is 0.0317 e. The number of anilines is 1. The standard InChI is InChI=1S/C15H24N2/c1-2-6-15-9-3-4-10-17(15)12-13-7-5-8-14(16)11-13/h5,7-8,11,15H,2-4,6,9-10,12,16H2,1H3. The third-order valence-corrected chi connectivity index (χ3v) is 3.71. The second-order valence-electron chi connectivity index (χ2n) is 5.15. The highest BCUT2D eigenvalue weighted by molar-refractivity contribution is 5.40. The molecule has 1 fully saturated rings. The average Bonchev–Trinajstić information content (AvgIpc) is 2.32. The van der Waals surface area contributed by atoms with Gasteiger partial charge in [-0.2, -0.15) is 0 Å². The molecule has 0 spiro atoms. The zero-order valence-electron chi connectivity index (χ0n) is 10.9. The molecule has 1 aromatic carbocycles. The van der Waals surface area contributed by atoms with Gasteiger partial charge in [0, 0.05) is 18.3 Å². The molecule has 0 amide bonds. The van der Waals surface area contributed by atoms with Gasteiger partial charge in [-0.05, 0) is 43.5 Å². The van der Waals surface area contributed by atoms with Crippen molar-refractivity contribution in [2.24, 2.45) is 0 Å². The van der Waals surface area contributed by atoms with Crippen LogP contribution in [0.5, 0.6) is 0 Å². The summed E-state index contributed by atoms with van der Waals surface area (Å²) in [7, 11) is 0. The monoisotopic (exact) mass is 232 g/mol. The quantitative estimate of drug-likeness (QED) is 0.806. The van der Waals surface area contributed by atoms with Gasteiger partial charge in [0.05, 0.1) is 0 Å². The van der Waals surface area contributed by atoms with Crippen molar-refractivity contribution in [1.29, 1.82) is 0 Å². The summed E-state index contributed by atoms with van der Waals surface area (Å²) in [6.45, 7) is 4.60. The molecule has 1 saturated heterocycles. The van der Waals surface area contributed by atoms with Crippen molar-refractivity contribution >= 4 is 5.69 Å². The lowest BCUT2D eigenvalue weighted by molar-refractivity contribution is 0.131. The summed E-state index contributed by atoms with van der Waals surface area (Å²) in [5.74, 6) is 0. The molecule has 0 aliphatic carbocycles. The molecule has 1 aliphatic heterocycles. The zero-order chi connectivity index (χ0) is 12.1. The molecule has 1 unspecified atom stereocenters. The molecule has 1 aromatic rings. The van der Waals surface area contributed by atoms with Crippen LogP contribution in [0.3, 0.4) is 0 Å². The molecule has 0 aromatic heterocycles. The molecule has 17 heavy (non-hydrogen) atoms. The van der Waals surface area contributed by atoms with E-state index in [4.69, 9.17) is 5.73 Å². The largest absolute Gasteiger partial charge is 0.399 e. The van der Waals surface area contributed by atoms with Crippen LogP contribution in [-0.4, -0.2) is 17.5 Å². The summed E-state index contributed by atoms with van der Waals surface area (Å²) in [5, 5.41) is 0. The lowest BCUT2D eigenvalue weighted by Gasteiger charge is -2.35. The van der Waals surface area contributed by atoms with E-state index in [2.05, 4.69) is 30.0 Å². The Bertz CT molecular complexity index is 347. The van der Waals surface area contributed by atoms with Gasteiger partial charge >= 0.3 is 0 Å². The van der Waals surface area contributed by atoms with Gasteiger partial charge in [-0.1, -0.05) is 31.9 Å². The van der Waals surface area contributed by atoms with Gasteiger partial charge in [0.15, 0.2) is 0 Å². The van der Waals surface area contributed by atoms with Crippen LogP contribution in [-0.2, 0) is 6.54 Å². The highest BCUT2D eigenvalue weighted by Gasteiger charge is 2.21. The fourth-order valence-corrected chi connectivity index (χ4v) is 2.85. The van der Waals surface area contributed by atoms with E-state index in [1.807, 2.05) is 6.07 Å². The van der Waals surface area contributed by atoms with Crippen molar-refractivity contribution in [3.8, 4) is 0 Å². The van der Waals surface area contributed by atoms with E-state index in [9.17, 15) is 0 Å². The van der Waals surface area contributed by atoms with E-state index in [-0.39, 0.29) is 0 Å². The van der Waals surface area contributed by atoms with Crippen molar-refractivity contribution in [2.45, 2.75) is 51.6 Å². The van der Waals surface area contributed by atoms with Crippen LogP contribution in [0.25, 0.3) is 0 Å². The maximum atomic E-state index is 5.84. The lowest BCUT2D eigenvalue weighted by atomic mass is 9.97. The molecule has 94 valence electrons. The number of piperidine rings is 1. The summed E-state index contributed by atoms with van der Waals surface area (Å²) < 4.78 is 0. The van der Waals surface area contributed by atoms with Crippen molar-refractivity contribution in [3.63, 3.8) is 0 Å². The average molecular weight is 232 g/mol. The highest BCUT2D eigenvalue weighted by Crippen LogP contribution is 2.23. The number of likely N-dealkylation sites (tertiary alicyclic amines) is 1. The van der Waals surface area contributed by atoms with Crippen LogP contribution in [0.1, 0.15) is 44.6 Å². The Kier molecular flexibility index (Phi) is 4.43. The Balaban J connectivity index is 2.00. The Hall–Kier alpha value is -1.02. The molecular formula is C15H24N2. The predicted molar refractivity (Wildman–Crippen MR) is 73.8 cm³/mol. The minimum Gasteiger partial charge on any atom is -0.399 e. The maximum absolute atomic E-state index is 5.84. The number of hydrogen-bond acceptors (Lipinski definition) is 2. The molecule has 0 radical (unpaired) electrons. The van der Waals surface area contributed by atoms with Gasteiger partial charge < -0.3 is 5.73 Å². The van der Waals surface area contributed by atoms with Gasteiger partial charge in [-0.15, -0.1) is 0 Å². The predicted octanol–water partition coefficient (Wildman–Crippen LogP) is 3.42. The number of hydrogen-bond donors (Lipinski definition) is 1. The topological polar surface area (TPSA) is 29.3 Å². The number of nitrogens with zero attached hydrogens (tertiary/aromatic N) is 1. The van der Waals surface area contributed by atoms with E-state index in [1.54, 1.807) is 0 Å². The van der Waals surface area contributed by atoms with Crippen LogP contribution in [0.4, 0.5) is 5.69 Å². The Labute approximate surface area is 105 Å². The fourth-order valence-electron chi connectivity index (χ4n) is 2.85. The SMILES string of the molecule is CCCC1CCCCN1Cc1cccc(N)c1. The van der Waals surface area contributed by atoms with E-state index < -0.39 is 0 Å². The number of rotatable bonds is 4. The molecule has 0 saturated carbocycles. The summed E-state index contributed by atoms with van der Waals surface area (Å²) in [6.07, 6.45) is 6.75. The molecule has 2 rings (SSSR count). The smallest absolute Gasteiger partial charge is 0.0317 e.